The van der Waals surface area contributed by atoms with E-state index >= 15 is 0 Å². The van der Waals surface area contributed by atoms with Crippen LogP contribution >= 0.6 is 11.6 Å². The molecule has 2 aromatic rings. The summed E-state index contributed by atoms with van der Waals surface area (Å²) in [6.07, 6.45) is -1.02. The van der Waals surface area contributed by atoms with Gasteiger partial charge in [-0.05, 0) is 25.0 Å². The van der Waals surface area contributed by atoms with Crippen LogP contribution < -0.4 is 10.1 Å². The first kappa shape index (κ1) is 21.3. The van der Waals surface area contributed by atoms with Crippen LogP contribution in [0.3, 0.4) is 0 Å². The van der Waals surface area contributed by atoms with Crippen LogP contribution in [0.2, 0.25) is 5.02 Å². The van der Waals surface area contributed by atoms with E-state index in [0.29, 0.717) is 24.5 Å². The predicted octanol–water partition coefficient (Wildman–Crippen LogP) is 5.99. The number of halogens is 4. The normalized spacial score (nSPS) is 11.5. The summed E-state index contributed by atoms with van der Waals surface area (Å²) >= 11 is 5.78. The molecule has 0 aliphatic heterocycles. The number of anilines is 1. The molecule has 1 N–H and O–H groups in total. The molecule has 0 bridgehead atoms. The molecule has 4 nitrogen and oxygen atoms in total. The standard InChI is InChI=1S/C19H23ClF3N3O/c1-4-6-7-10-24-17-18(27-3)26-16(15(5-2)25-17)13-9-8-12(20)11-14(13)19(21,22)23/h8-9,11H,4-7,10H2,1-3H3,(H,24,25). The third kappa shape index (κ3) is 5.25. The van der Waals surface area contributed by atoms with Crippen LogP contribution in [0.1, 0.15) is 44.4 Å². The van der Waals surface area contributed by atoms with Crippen LogP contribution in [-0.2, 0) is 12.6 Å². The molecule has 0 saturated carbocycles. The van der Waals surface area contributed by atoms with E-state index in [1.807, 2.05) is 6.92 Å². The lowest BCUT2D eigenvalue weighted by Gasteiger charge is -2.17. The highest BCUT2D eigenvalue weighted by atomic mass is 35.5. The van der Waals surface area contributed by atoms with E-state index in [-0.39, 0.29) is 22.2 Å². The first-order valence-corrected chi connectivity index (χ1v) is 9.25. The fourth-order valence-electron chi connectivity index (χ4n) is 2.71. The molecule has 1 aromatic heterocycles. The highest BCUT2D eigenvalue weighted by molar-refractivity contribution is 6.30. The van der Waals surface area contributed by atoms with Crippen molar-refractivity contribution in [2.45, 2.75) is 45.7 Å². The van der Waals surface area contributed by atoms with Gasteiger partial charge in [-0.1, -0.05) is 44.4 Å². The number of nitrogens with zero attached hydrogens (tertiary/aromatic N) is 2. The smallest absolute Gasteiger partial charge is 0.417 e. The second-order valence-corrected chi connectivity index (χ2v) is 6.49. The number of methoxy groups -OCH3 is 1. The second kappa shape index (κ2) is 9.26. The van der Waals surface area contributed by atoms with Crippen molar-refractivity contribution in [2.75, 3.05) is 19.0 Å². The summed E-state index contributed by atoms with van der Waals surface area (Å²) < 4.78 is 45.8. The number of unbranched alkanes of at least 4 members (excludes halogenated alkanes) is 2. The fourth-order valence-corrected chi connectivity index (χ4v) is 2.89. The molecule has 8 heteroatoms. The van der Waals surface area contributed by atoms with Crippen LogP contribution in [0.5, 0.6) is 5.88 Å². The number of ether oxygens (including phenoxy) is 1. The van der Waals surface area contributed by atoms with Gasteiger partial charge in [0, 0.05) is 17.1 Å². The Bertz CT molecular complexity index is 782. The molecule has 0 spiro atoms. The average Bonchev–Trinajstić information content (AvgIpc) is 2.64. The summed E-state index contributed by atoms with van der Waals surface area (Å²) in [6.45, 7) is 4.62. The van der Waals surface area contributed by atoms with E-state index in [9.17, 15) is 13.2 Å². The van der Waals surface area contributed by atoms with Crippen molar-refractivity contribution < 1.29 is 17.9 Å². The van der Waals surface area contributed by atoms with E-state index in [0.717, 1.165) is 25.3 Å². The van der Waals surface area contributed by atoms with Crippen LogP contribution in [0.25, 0.3) is 11.3 Å². The Labute approximate surface area is 162 Å². The minimum atomic E-state index is -4.56. The minimum Gasteiger partial charge on any atom is -0.478 e. The molecule has 1 heterocycles. The zero-order valence-corrected chi connectivity index (χ0v) is 16.3. The van der Waals surface area contributed by atoms with Gasteiger partial charge in [0.05, 0.1) is 24.1 Å². The van der Waals surface area contributed by atoms with E-state index in [4.69, 9.17) is 16.3 Å². The topological polar surface area (TPSA) is 47.0 Å². The van der Waals surface area contributed by atoms with Crippen molar-refractivity contribution in [3.8, 4) is 17.1 Å². The van der Waals surface area contributed by atoms with Gasteiger partial charge in [-0.15, -0.1) is 0 Å². The quantitative estimate of drug-likeness (QED) is 0.552. The third-order valence-corrected chi connectivity index (χ3v) is 4.31. The van der Waals surface area contributed by atoms with E-state index in [1.54, 1.807) is 0 Å². The van der Waals surface area contributed by atoms with Crippen LogP contribution in [0, 0.1) is 0 Å². The Morgan fingerprint density at radius 2 is 1.89 bits per heavy atom. The molecule has 1 aromatic carbocycles. The molecular weight excluding hydrogens is 379 g/mol. The SMILES string of the molecule is CCCCCNc1nc(CC)c(-c2ccc(Cl)cc2C(F)(F)F)nc1OC. The monoisotopic (exact) mass is 401 g/mol. The number of aryl methyl sites for hydroxylation is 1. The summed E-state index contributed by atoms with van der Waals surface area (Å²) in [6, 6.07) is 3.64. The Kier molecular flexibility index (Phi) is 7.30. The molecule has 0 amide bonds. The lowest BCUT2D eigenvalue weighted by atomic mass is 10.0. The molecule has 0 aliphatic carbocycles. The Balaban J connectivity index is 2.52. The number of alkyl halides is 3. The predicted molar refractivity (Wildman–Crippen MR) is 101 cm³/mol. The highest BCUT2D eigenvalue weighted by Crippen LogP contribution is 2.40. The molecule has 27 heavy (non-hydrogen) atoms. The molecule has 0 radical (unpaired) electrons. The molecule has 0 fully saturated rings. The van der Waals surface area contributed by atoms with Gasteiger partial charge in [-0.25, -0.2) is 9.97 Å². The molecular formula is C19H23ClF3N3O. The Morgan fingerprint density at radius 3 is 2.48 bits per heavy atom. The highest BCUT2D eigenvalue weighted by Gasteiger charge is 2.35. The maximum Gasteiger partial charge on any atom is 0.417 e. The first-order chi connectivity index (χ1) is 12.8. The van der Waals surface area contributed by atoms with Crippen LogP contribution in [0.15, 0.2) is 18.2 Å². The minimum absolute atomic E-state index is 0.0123. The van der Waals surface area contributed by atoms with E-state index < -0.39 is 11.7 Å². The summed E-state index contributed by atoms with van der Waals surface area (Å²) in [5.74, 6) is 0.610. The van der Waals surface area contributed by atoms with Crippen molar-refractivity contribution in [1.82, 2.24) is 9.97 Å². The molecule has 0 saturated heterocycles. The van der Waals surface area contributed by atoms with Gasteiger partial charge in [0.2, 0.25) is 0 Å². The number of hydrogen-bond donors (Lipinski definition) is 1. The van der Waals surface area contributed by atoms with E-state index in [2.05, 4.69) is 22.2 Å². The lowest BCUT2D eigenvalue weighted by molar-refractivity contribution is -0.137. The largest absolute Gasteiger partial charge is 0.478 e. The maximum absolute atomic E-state index is 13.5. The van der Waals surface area contributed by atoms with Gasteiger partial charge in [0.25, 0.3) is 5.88 Å². The van der Waals surface area contributed by atoms with Crippen molar-refractivity contribution in [1.29, 1.82) is 0 Å². The number of hydrogen-bond acceptors (Lipinski definition) is 4. The summed E-state index contributed by atoms with van der Waals surface area (Å²) in [4.78, 5) is 8.83. The van der Waals surface area contributed by atoms with Crippen molar-refractivity contribution >= 4 is 17.4 Å². The number of benzene rings is 1. The van der Waals surface area contributed by atoms with Gasteiger partial charge >= 0.3 is 6.18 Å². The van der Waals surface area contributed by atoms with Crippen molar-refractivity contribution in [3.63, 3.8) is 0 Å². The number of rotatable bonds is 8. The maximum atomic E-state index is 13.5. The van der Waals surface area contributed by atoms with Crippen molar-refractivity contribution in [3.05, 3.63) is 34.5 Å². The van der Waals surface area contributed by atoms with Gasteiger partial charge in [-0.3, -0.25) is 0 Å². The van der Waals surface area contributed by atoms with Gasteiger partial charge in [0.1, 0.15) is 0 Å². The summed E-state index contributed by atoms with van der Waals surface area (Å²) in [5, 5.41) is 3.18. The lowest BCUT2D eigenvalue weighted by Crippen LogP contribution is -2.12. The average molecular weight is 402 g/mol. The zero-order chi connectivity index (χ0) is 20.0. The Morgan fingerprint density at radius 1 is 1.15 bits per heavy atom. The third-order valence-electron chi connectivity index (χ3n) is 4.08. The van der Waals surface area contributed by atoms with Gasteiger partial charge in [0.15, 0.2) is 5.82 Å². The molecule has 0 atom stereocenters. The zero-order valence-electron chi connectivity index (χ0n) is 15.6. The number of aromatic nitrogens is 2. The molecule has 0 unspecified atom stereocenters. The van der Waals surface area contributed by atoms with Crippen molar-refractivity contribution in [2.24, 2.45) is 0 Å². The molecule has 2 rings (SSSR count). The van der Waals surface area contributed by atoms with Gasteiger partial charge in [-0.2, -0.15) is 13.2 Å². The number of nitrogens with one attached hydrogen (secondary N) is 1. The summed E-state index contributed by atoms with van der Waals surface area (Å²) in [5.41, 5.74) is -0.296. The van der Waals surface area contributed by atoms with E-state index in [1.165, 1.54) is 19.2 Å². The summed E-state index contributed by atoms with van der Waals surface area (Å²) in [7, 11) is 1.42. The first-order valence-electron chi connectivity index (χ1n) is 8.87. The molecule has 148 valence electrons. The Hall–Kier alpha value is -2.02. The van der Waals surface area contributed by atoms with Crippen LogP contribution in [-0.4, -0.2) is 23.6 Å². The fraction of sp³-hybridized carbons (Fsp3) is 0.474. The van der Waals surface area contributed by atoms with Crippen LogP contribution in [0.4, 0.5) is 19.0 Å². The molecule has 0 aliphatic rings. The second-order valence-electron chi connectivity index (χ2n) is 6.05. The van der Waals surface area contributed by atoms with Gasteiger partial charge < -0.3 is 10.1 Å².